The quantitative estimate of drug-likeness (QED) is 0.863. The second-order valence-corrected chi connectivity index (χ2v) is 5.69. The first-order valence-corrected chi connectivity index (χ1v) is 7.10. The molecular formula is C15H12BrClO3. The Balaban J connectivity index is 2.37. The minimum atomic E-state index is -0.938. The maximum absolute atomic E-state index is 11.5. The summed E-state index contributed by atoms with van der Waals surface area (Å²) in [5.41, 5.74) is 1.19. The summed E-state index contributed by atoms with van der Waals surface area (Å²) in [6.45, 7) is 0. The molecule has 2 rings (SSSR count). The van der Waals surface area contributed by atoms with Crippen molar-refractivity contribution in [3.8, 4) is 5.75 Å². The lowest BCUT2D eigenvalue weighted by Crippen LogP contribution is -2.14. The van der Waals surface area contributed by atoms with Gasteiger partial charge in [0.25, 0.3) is 0 Å². The lowest BCUT2D eigenvalue weighted by atomic mass is 9.92. The zero-order valence-corrected chi connectivity index (χ0v) is 12.7. The highest BCUT2D eigenvalue weighted by Gasteiger charge is 2.22. The number of halogens is 2. The van der Waals surface area contributed by atoms with Crippen molar-refractivity contribution in [2.45, 2.75) is 12.3 Å². The minimum absolute atomic E-state index is 0.0246. The fourth-order valence-electron chi connectivity index (χ4n) is 2.03. The second kappa shape index (κ2) is 6.29. The molecule has 0 spiro atoms. The standard InChI is InChI=1S/C15H12BrClO3/c16-13-8-11(17)6-10(14(13)18)7-12(15(19)20)9-4-2-1-3-5-9/h1-6,8,12,18H,7H2,(H,19,20). The summed E-state index contributed by atoms with van der Waals surface area (Å²) in [6, 6.07) is 12.1. The van der Waals surface area contributed by atoms with Crippen LogP contribution in [0.25, 0.3) is 0 Å². The van der Waals surface area contributed by atoms with Crippen molar-refractivity contribution in [3.63, 3.8) is 0 Å². The van der Waals surface area contributed by atoms with Crippen LogP contribution in [-0.4, -0.2) is 16.2 Å². The van der Waals surface area contributed by atoms with E-state index in [2.05, 4.69) is 15.9 Å². The molecule has 3 nitrogen and oxygen atoms in total. The van der Waals surface area contributed by atoms with Gasteiger partial charge < -0.3 is 10.2 Å². The van der Waals surface area contributed by atoms with Crippen molar-refractivity contribution in [1.82, 2.24) is 0 Å². The van der Waals surface area contributed by atoms with E-state index in [0.29, 0.717) is 20.6 Å². The van der Waals surface area contributed by atoms with Crippen molar-refractivity contribution >= 4 is 33.5 Å². The van der Waals surface area contributed by atoms with E-state index in [1.54, 1.807) is 36.4 Å². The van der Waals surface area contributed by atoms with Crippen LogP contribution in [0.4, 0.5) is 0 Å². The third-order valence-electron chi connectivity index (χ3n) is 3.03. The Bertz CT molecular complexity index is 629. The van der Waals surface area contributed by atoms with Crippen LogP contribution in [0.1, 0.15) is 17.0 Å². The molecule has 0 aliphatic rings. The zero-order valence-electron chi connectivity index (χ0n) is 10.4. The molecule has 104 valence electrons. The number of phenolic OH excluding ortho intramolecular Hbond substituents is 1. The number of aliphatic carboxylic acids is 1. The van der Waals surface area contributed by atoms with Crippen molar-refractivity contribution in [2.75, 3.05) is 0 Å². The summed E-state index contributed by atoms with van der Waals surface area (Å²) in [5, 5.41) is 19.8. The Morgan fingerprint density at radius 1 is 1.25 bits per heavy atom. The maximum Gasteiger partial charge on any atom is 0.311 e. The Morgan fingerprint density at radius 3 is 2.50 bits per heavy atom. The molecule has 0 aliphatic carbocycles. The number of hydrogen-bond donors (Lipinski definition) is 2. The van der Waals surface area contributed by atoms with E-state index < -0.39 is 11.9 Å². The molecule has 1 atom stereocenters. The number of carboxylic acid groups (broad SMARTS) is 1. The molecular weight excluding hydrogens is 344 g/mol. The summed E-state index contributed by atoms with van der Waals surface area (Å²) >= 11 is 9.14. The highest BCUT2D eigenvalue weighted by molar-refractivity contribution is 9.10. The Labute approximate surface area is 130 Å². The lowest BCUT2D eigenvalue weighted by Gasteiger charge is -2.14. The van der Waals surface area contributed by atoms with Gasteiger partial charge in [-0.1, -0.05) is 41.9 Å². The maximum atomic E-state index is 11.5. The monoisotopic (exact) mass is 354 g/mol. The molecule has 0 amide bonds. The van der Waals surface area contributed by atoms with Crippen molar-refractivity contribution in [2.24, 2.45) is 0 Å². The van der Waals surface area contributed by atoms with Crippen LogP contribution in [0, 0.1) is 0 Å². The number of carbonyl (C=O) groups is 1. The summed E-state index contributed by atoms with van der Waals surface area (Å²) in [6.07, 6.45) is 0.171. The highest BCUT2D eigenvalue weighted by Crippen LogP contribution is 2.34. The average Bonchev–Trinajstić information content (AvgIpc) is 2.41. The SMILES string of the molecule is O=C(O)C(Cc1cc(Cl)cc(Br)c1O)c1ccccc1. The number of phenols is 1. The summed E-state index contributed by atoms with van der Waals surface area (Å²) in [7, 11) is 0. The molecule has 0 aromatic heterocycles. The van der Waals surface area contributed by atoms with Gasteiger partial charge in [0, 0.05) is 5.02 Å². The van der Waals surface area contributed by atoms with E-state index >= 15 is 0 Å². The molecule has 0 saturated carbocycles. The minimum Gasteiger partial charge on any atom is -0.506 e. The van der Waals surface area contributed by atoms with Gasteiger partial charge in [-0.25, -0.2) is 0 Å². The first-order valence-electron chi connectivity index (χ1n) is 5.93. The number of rotatable bonds is 4. The van der Waals surface area contributed by atoms with Gasteiger partial charge in [-0.2, -0.15) is 0 Å². The van der Waals surface area contributed by atoms with Crippen LogP contribution < -0.4 is 0 Å². The predicted molar refractivity (Wildman–Crippen MR) is 81.3 cm³/mol. The van der Waals surface area contributed by atoms with Crippen LogP contribution in [0.15, 0.2) is 46.9 Å². The number of aromatic hydroxyl groups is 1. The first kappa shape index (κ1) is 14.9. The van der Waals surface area contributed by atoms with Gasteiger partial charge in [0.05, 0.1) is 10.4 Å². The first-order chi connectivity index (χ1) is 9.49. The van der Waals surface area contributed by atoms with Gasteiger partial charge in [-0.3, -0.25) is 4.79 Å². The zero-order chi connectivity index (χ0) is 14.7. The van der Waals surface area contributed by atoms with Crippen LogP contribution in [-0.2, 0) is 11.2 Å². The van der Waals surface area contributed by atoms with Crippen molar-refractivity contribution in [1.29, 1.82) is 0 Å². The van der Waals surface area contributed by atoms with E-state index in [0.717, 1.165) is 0 Å². The fourth-order valence-corrected chi connectivity index (χ4v) is 2.90. The summed E-state index contributed by atoms with van der Waals surface area (Å²) < 4.78 is 0.456. The van der Waals surface area contributed by atoms with E-state index in [4.69, 9.17) is 11.6 Å². The summed E-state index contributed by atoms with van der Waals surface area (Å²) in [5.74, 6) is -1.64. The molecule has 0 radical (unpaired) electrons. The normalized spacial score (nSPS) is 12.1. The van der Waals surface area contributed by atoms with Gasteiger partial charge in [0.1, 0.15) is 5.75 Å². The Hall–Kier alpha value is -1.52. The fraction of sp³-hybridized carbons (Fsp3) is 0.133. The van der Waals surface area contributed by atoms with Crippen LogP contribution in [0.2, 0.25) is 5.02 Å². The highest BCUT2D eigenvalue weighted by atomic mass is 79.9. The Morgan fingerprint density at radius 2 is 1.90 bits per heavy atom. The van der Waals surface area contributed by atoms with Gasteiger partial charge in [0.2, 0.25) is 0 Å². The van der Waals surface area contributed by atoms with Gasteiger partial charge in [-0.05, 0) is 45.6 Å². The predicted octanol–water partition coefficient (Wildman–Crippen LogP) is 4.22. The molecule has 1 unspecified atom stereocenters. The molecule has 0 saturated heterocycles. The molecule has 2 N–H and O–H groups in total. The van der Waals surface area contributed by atoms with Crippen molar-refractivity contribution in [3.05, 3.63) is 63.1 Å². The smallest absolute Gasteiger partial charge is 0.311 e. The number of hydrogen-bond acceptors (Lipinski definition) is 2. The van der Waals surface area contributed by atoms with Crippen LogP contribution >= 0.6 is 27.5 Å². The molecule has 0 heterocycles. The third-order valence-corrected chi connectivity index (χ3v) is 3.85. The molecule has 0 aliphatic heterocycles. The van der Waals surface area contributed by atoms with Crippen molar-refractivity contribution < 1.29 is 15.0 Å². The number of carboxylic acids is 1. The molecule has 2 aromatic carbocycles. The van der Waals surface area contributed by atoms with E-state index in [1.165, 1.54) is 0 Å². The van der Waals surface area contributed by atoms with Gasteiger partial charge in [-0.15, -0.1) is 0 Å². The average molecular weight is 356 g/mol. The molecule has 0 fully saturated rings. The summed E-state index contributed by atoms with van der Waals surface area (Å²) in [4.78, 5) is 11.5. The Kier molecular flexibility index (Phi) is 4.68. The molecule has 0 bridgehead atoms. The van der Waals surface area contributed by atoms with Gasteiger partial charge >= 0.3 is 5.97 Å². The number of benzene rings is 2. The molecule has 5 heteroatoms. The second-order valence-electron chi connectivity index (χ2n) is 4.40. The topological polar surface area (TPSA) is 57.5 Å². The van der Waals surface area contributed by atoms with E-state index in [-0.39, 0.29) is 12.2 Å². The third kappa shape index (κ3) is 3.32. The molecule has 2 aromatic rings. The largest absolute Gasteiger partial charge is 0.506 e. The van der Waals surface area contributed by atoms with Crippen LogP contribution in [0.5, 0.6) is 5.75 Å². The van der Waals surface area contributed by atoms with E-state index in [9.17, 15) is 15.0 Å². The van der Waals surface area contributed by atoms with E-state index in [1.807, 2.05) is 6.07 Å². The lowest BCUT2D eigenvalue weighted by molar-refractivity contribution is -0.138. The van der Waals surface area contributed by atoms with Crippen LogP contribution in [0.3, 0.4) is 0 Å². The molecule has 20 heavy (non-hydrogen) atoms. The van der Waals surface area contributed by atoms with Gasteiger partial charge in [0.15, 0.2) is 0 Å².